The molecule has 0 amide bonds. The zero-order chi connectivity index (χ0) is 11.3. The van der Waals surface area contributed by atoms with E-state index in [1.165, 1.54) is 5.56 Å². The predicted molar refractivity (Wildman–Crippen MR) is 62.1 cm³/mol. The Morgan fingerprint density at radius 1 is 1.27 bits per heavy atom. The second-order valence-electron chi connectivity index (χ2n) is 4.79. The van der Waals surface area contributed by atoms with Gasteiger partial charge in [0.1, 0.15) is 6.04 Å². The lowest BCUT2D eigenvalue weighted by atomic mass is 9.87. The summed E-state index contributed by atoms with van der Waals surface area (Å²) in [5.74, 6) is 0. The number of hydrogen-bond donors (Lipinski definition) is 1. The molecule has 0 saturated carbocycles. The van der Waals surface area contributed by atoms with E-state index in [0.717, 1.165) is 6.54 Å². The van der Waals surface area contributed by atoms with Crippen molar-refractivity contribution in [1.82, 2.24) is 5.32 Å². The van der Waals surface area contributed by atoms with Gasteiger partial charge in [0, 0.05) is 6.54 Å². The molecule has 0 fully saturated rings. The summed E-state index contributed by atoms with van der Waals surface area (Å²) in [5.41, 5.74) is 1.19. The Morgan fingerprint density at radius 3 is 2.33 bits per heavy atom. The monoisotopic (exact) mass is 202 g/mol. The molecule has 2 heteroatoms. The fourth-order valence-corrected chi connectivity index (χ4v) is 1.36. The molecule has 1 aromatic carbocycles. The van der Waals surface area contributed by atoms with E-state index >= 15 is 0 Å². The molecule has 80 valence electrons. The third-order valence-electron chi connectivity index (χ3n) is 2.35. The molecule has 0 saturated heterocycles. The smallest absolute Gasteiger partial charge is 0.100 e. The Bertz CT molecular complexity index is 330. The van der Waals surface area contributed by atoms with Gasteiger partial charge in [0.15, 0.2) is 0 Å². The second kappa shape index (κ2) is 4.95. The van der Waals surface area contributed by atoms with Crippen LogP contribution < -0.4 is 5.32 Å². The van der Waals surface area contributed by atoms with Crippen molar-refractivity contribution in [3.8, 4) is 6.07 Å². The van der Waals surface area contributed by atoms with Gasteiger partial charge in [-0.05, 0) is 11.0 Å². The minimum atomic E-state index is -0.113. The highest BCUT2D eigenvalue weighted by molar-refractivity contribution is 5.15. The van der Waals surface area contributed by atoms with Crippen molar-refractivity contribution in [1.29, 1.82) is 5.26 Å². The van der Waals surface area contributed by atoms with E-state index in [9.17, 15) is 0 Å². The van der Waals surface area contributed by atoms with Crippen molar-refractivity contribution in [2.24, 2.45) is 5.41 Å². The fraction of sp³-hybridized carbons (Fsp3) is 0.462. The highest BCUT2D eigenvalue weighted by Gasteiger charge is 2.23. The standard InChI is InChI=1S/C13H18N2/c1-13(2,3)12(9-14)15-10-11-7-5-4-6-8-11/h4-8,12,15H,10H2,1-3H3. The largest absolute Gasteiger partial charge is 0.297 e. The first-order valence-electron chi connectivity index (χ1n) is 5.21. The summed E-state index contributed by atoms with van der Waals surface area (Å²) in [6.45, 7) is 6.95. The van der Waals surface area contributed by atoms with E-state index in [2.05, 4.69) is 44.3 Å². The van der Waals surface area contributed by atoms with Gasteiger partial charge in [-0.3, -0.25) is 5.32 Å². The molecular formula is C13H18N2. The van der Waals surface area contributed by atoms with E-state index in [1.54, 1.807) is 0 Å². The first-order valence-corrected chi connectivity index (χ1v) is 5.21. The predicted octanol–water partition coefficient (Wildman–Crippen LogP) is 2.71. The van der Waals surface area contributed by atoms with Gasteiger partial charge in [-0.15, -0.1) is 0 Å². The number of rotatable bonds is 3. The maximum atomic E-state index is 9.03. The Morgan fingerprint density at radius 2 is 1.87 bits per heavy atom. The van der Waals surface area contributed by atoms with Crippen LogP contribution in [0.1, 0.15) is 26.3 Å². The number of nitrogens with zero attached hydrogens (tertiary/aromatic N) is 1. The van der Waals surface area contributed by atoms with Crippen molar-refractivity contribution in [2.45, 2.75) is 33.4 Å². The highest BCUT2D eigenvalue weighted by Crippen LogP contribution is 2.18. The number of nitrogens with one attached hydrogen (secondary N) is 1. The van der Waals surface area contributed by atoms with Crippen LogP contribution in [0.15, 0.2) is 30.3 Å². The first-order chi connectivity index (χ1) is 7.04. The molecule has 1 atom stereocenters. The SMILES string of the molecule is CC(C)(C)C(C#N)NCc1ccccc1. The molecule has 1 rings (SSSR count). The Labute approximate surface area is 91.9 Å². The lowest BCUT2D eigenvalue weighted by molar-refractivity contribution is 0.319. The van der Waals surface area contributed by atoms with Gasteiger partial charge in [0.05, 0.1) is 6.07 Å². The quantitative estimate of drug-likeness (QED) is 0.818. The van der Waals surface area contributed by atoms with Crippen molar-refractivity contribution >= 4 is 0 Å². The van der Waals surface area contributed by atoms with Gasteiger partial charge in [0.25, 0.3) is 0 Å². The lowest BCUT2D eigenvalue weighted by Crippen LogP contribution is -2.38. The number of nitriles is 1. The minimum absolute atomic E-state index is 0.0243. The number of benzene rings is 1. The van der Waals surface area contributed by atoms with Crippen LogP contribution >= 0.6 is 0 Å². The number of hydrogen-bond acceptors (Lipinski definition) is 2. The summed E-state index contributed by atoms with van der Waals surface area (Å²) in [5, 5.41) is 12.3. The molecular weight excluding hydrogens is 184 g/mol. The molecule has 0 heterocycles. The molecule has 1 N–H and O–H groups in total. The summed E-state index contributed by atoms with van der Waals surface area (Å²) in [6, 6.07) is 12.3. The van der Waals surface area contributed by atoms with E-state index in [1.807, 2.05) is 18.2 Å². The van der Waals surface area contributed by atoms with Gasteiger partial charge in [0.2, 0.25) is 0 Å². The zero-order valence-corrected chi connectivity index (χ0v) is 9.62. The topological polar surface area (TPSA) is 35.8 Å². The summed E-state index contributed by atoms with van der Waals surface area (Å²) in [6.07, 6.45) is 0. The van der Waals surface area contributed by atoms with Crippen LogP contribution in [0.5, 0.6) is 0 Å². The highest BCUT2D eigenvalue weighted by atomic mass is 14.9. The maximum absolute atomic E-state index is 9.03. The molecule has 0 aliphatic rings. The first kappa shape index (κ1) is 11.7. The molecule has 2 nitrogen and oxygen atoms in total. The molecule has 0 aliphatic heterocycles. The lowest BCUT2D eigenvalue weighted by Gasteiger charge is -2.25. The van der Waals surface area contributed by atoms with Crippen molar-refractivity contribution < 1.29 is 0 Å². The Balaban J connectivity index is 2.54. The van der Waals surface area contributed by atoms with Crippen LogP contribution in [0.25, 0.3) is 0 Å². The van der Waals surface area contributed by atoms with E-state index in [-0.39, 0.29) is 11.5 Å². The summed E-state index contributed by atoms with van der Waals surface area (Å²) >= 11 is 0. The summed E-state index contributed by atoms with van der Waals surface area (Å²) in [7, 11) is 0. The molecule has 0 aliphatic carbocycles. The molecule has 15 heavy (non-hydrogen) atoms. The Hall–Kier alpha value is -1.33. The van der Waals surface area contributed by atoms with Gasteiger partial charge in [-0.25, -0.2) is 0 Å². The molecule has 0 bridgehead atoms. The van der Waals surface area contributed by atoms with Crippen LogP contribution in [-0.2, 0) is 6.54 Å². The van der Waals surface area contributed by atoms with Gasteiger partial charge in [-0.1, -0.05) is 51.1 Å². The van der Waals surface area contributed by atoms with Crippen molar-refractivity contribution in [2.75, 3.05) is 0 Å². The summed E-state index contributed by atoms with van der Waals surface area (Å²) < 4.78 is 0. The third kappa shape index (κ3) is 3.73. The van der Waals surface area contributed by atoms with Crippen molar-refractivity contribution in [3.05, 3.63) is 35.9 Å². The maximum Gasteiger partial charge on any atom is 0.100 e. The van der Waals surface area contributed by atoms with Crippen LogP contribution in [0.3, 0.4) is 0 Å². The average Bonchev–Trinajstić information content (AvgIpc) is 2.18. The van der Waals surface area contributed by atoms with Crippen molar-refractivity contribution in [3.63, 3.8) is 0 Å². The Kier molecular flexibility index (Phi) is 3.88. The molecule has 0 radical (unpaired) electrons. The minimum Gasteiger partial charge on any atom is -0.297 e. The van der Waals surface area contributed by atoms with E-state index in [0.29, 0.717) is 0 Å². The van der Waals surface area contributed by atoms with E-state index < -0.39 is 0 Å². The normalized spacial score (nSPS) is 13.2. The van der Waals surface area contributed by atoms with Crippen LogP contribution in [0.4, 0.5) is 0 Å². The van der Waals surface area contributed by atoms with Crippen LogP contribution in [0.2, 0.25) is 0 Å². The van der Waals surface area contributed by atoms with Crippen LogP contribution in [-0.4, -0.2) is 6.04 Å². The third-order valence-corrected chi connectivity index (χ3v) is 2.35. The fourth-order valence-electron chi connectivity index (χ4n) is 1.36. The zero-order valence-electron chi connectivity index (χ0n) is 9.62. The molecule has 1 aromatic rings. The second-order valence-corrected chi connectivity index (χ2v) is 4.79. The average molecular weight is 202 g/mol. The summed E-state index contributed by atoms with van der Waals surface area (Å²) in [4.78, 5) is 0. The molecule has 0 spiro atoms. The molecule has 0 aromatic heterocycles. The van der Waals surface area contributed by atoms with Crippen LogP contribution in [0, 0.1) is 16.7 Å². The van der Waals surface area contributed by atoms with E-state index in [4.69, 9.17) is 5.26 Å². The van der Waals surface area contributed by atoms with Gasteiger partial charge >= 0.3 is 0 Å². The van der Waals surface area contributed by atoms with Gasteiger partial charge in [-0.2, -0.15) is 5.26 Å². The molecule has 1 unspecified atom stereocenters. The van der Waals surface area contributed by atoms with Gasteiger partial charge < -0.3 is 0 Å².